The fourth-order valence-corrected chi connectivity index (χ4v) is 1.57. The van der Waals surface area contributed by atoms with Crippen molar-refractivity contribution in [3.05, 3.63) is 11.6 Å². The van der Waals surface area contributed by atoms with E-state index in [0.717, 1.165) is 0 Å². The van der Waals surface area contributed by atoms with Crippen molar-refractivity contribution in [1.82, 2.24) is 24.8 Å². The highest BCUT2D eigenvalue weighted by atomic mass is 35.5. The number of carbonyl (C=O) groups is 1. The number of anilines is 1. The lowest BCUT2D eigenvalue weighted by atomic mass is 10.4. The smallest absolute Gasteiger partial charge is 0.241 e. The average molecular weight is 269 g/mol. The molecule has 2 N–H and O–H groups in total. The van der Waals surface area contributed by atoms with Crippen molar-refractivity contribution in [2.24, 2.45) is 0 Å². The zero-order chi connectivity index (χ0) is 13.1. The Bertz CT molecular complexity index is 568. The fourth-order valence-electron chi connectivity index (χ4n) is 1.41. The van der Waals surface area contributed by atoms with Gasteiger partial charge in [0.15, 0.2) is 11.5 Å². The first-order valence-electron chi connectivity index (χ1n) is 5.46. The third-order valence-electron chi connectivity index (χ3n) is 2.57. The second-order valence-electron chi connectivity index (χ2n) is 3.70. The minimum absolute atomic E-state index is 0.0279. The summed E-state index contributed by atoms with van der Waals surface area (Å²) in [5.41, 5.74) is 1.10. The van der Waals surface area contributed by atoms with E-state index in [1.54, 1.807) is 11.9 Å². The second-order valence-corrected chi connectivity index (χ2v) is 4.04. The number of amides is 1. The standard InChI is InChI=1S/C10H13ClN6O/c1-3-17(2)6(18)4-12-8-7-9(14-5-13-7)16-10(11)15-8/h5H,3-4H2,1-2H3,(H2,12,13,14,15,16). The molecule has 0 fully saturated rings. The van der Waals surface area contributed by atoms with Crippen molar-refractivity contribution in [3.8, 4) is 0 Å². The van der Waals surface area contributed by atoms with Gasteiger partial charge in [0.1, 0.15) is 5.52 Å². The van der Waals surface area contributed by atoms with Crippen LogP contribution in [0.4, 0.5) is 5.82 Å². The molecule has 0 bridgehead atoms. The van der Waals surface area contributed by atoms with Crippen LogP contribution in [0.2, 0.25) is 5.28 Å². The van der Waals surface area contributed by atoms with Crippen molar-refractivity contribution in [1.29, 1.82) is 0 Å². The molecule has 2 aromatic heterocycles. The highest BCUT2D eigenvalue weighted by molar-refractivity contribution is 6.28. The molecule has 0 radical (unpaired) electrons. The number of carbonyl (C=O) groups excluding carboxylic acids is 1. The van der Waals surface area contributed by atoms with E-state index >= 15 is 0 Å². The molecule has 0 atom stereocenters. The normalized spacial score (nSPS) is 10.6. The molecule has 0 aliphatic carbocycles. The molecule has 0 unspecified atom stereocenters. The van der Waals surface area contributed by atoms with Gasteiger partial charge < -0.3 is 15.2 Å². The maximum Gasteiger partial charge on any atom is 0.241 e. The summed E-state index contributed by atoms with van der Waals surface area (Å²) in [6.45, 7) is 2.71. The molecule has 0 aromatic carbocycles. The molecule has 0 aliphatic rings. The highest BCUT2D eigenvalue weighted by Gasteiger charge is 2.11. The average Bonchev–Trinajstić information content (AvgIpc) is 2.82. The summed E-state index contributed by atoms with van der Waals surface area (Å²) in [7, 11) is 1.74. The lowest BCUT2D eigenvalue weighted by Crippen LogP contribution is -2.32. The number of H-pyrrole nitrogens is 1. The first kappa shape index (κ1) is 12.6. The third kappa shape index (κ3) is 2.51. The number of rotatable bonds is 4. The molecule has 0 spiro atoms. The topological polar surface area (TPSA) is 86.8 Å². The number of nitrogens with zero attached hydrogens (tertiary/aromatic N) is 4. The van der Waals surface area contributed by atoms with Crippen molar-refractivity contribution in [2.45, 2.75) is 6.92 Å². The van der Waals surface area contributed by atoms with Crippen LogP contribution in [0.5, 0.6) is 0 Å². The zero-order valence-electron chi connectivity index (χ0n) is 10.1. The fraction of sp³-hybridized carbons (Fsp3) is 0.400. The van der Waals surface area contributed by atoms with Crippen molar-refractivity contribution < 1.29 is 4.79 Å². The Morgan fingerprint density at radius 1 is 1.56 bits per heavy atom. The van der Waals surface area contributed by atoms with Gasteiger partial charge in [0, 0.05) is 13.6 Å². The summed E-state index contributed by atoms with van der Waals surface area (Å²) < 4.78 is 0. The van der Waals surface area contributed by atoms with E-state index in [9.17, 15) is 4.79 Å². The van der Waals surface area contributed by atoms with E-state index in [-0.39, 0.29) is 17.7 Å². The van der Waals surface area contributed by atoms with Gasteiger partial charge in [-0.2, -0.15) is 9.97 Å². The molecule has 0 saturated carbocycles. The Labute approximate surface area is 109 Å². The summed E-state index contributed by atoms with van der Waals surface area (Å²) in [5.74, 6) is 0.445. The molecule has 2 heterocycles. The number of aromatic nitrogens is 4. The number of likely N-dealkylation sites (N-methyl/N-ethyl adjacent to an activating group) is 1. The molecule has 96 valence electrons. The van der Waals surface area contributed by atoms with Crippen LogP contribution in [0.15, 0.2) is 6.33 Å². The van der Waals surface area contributed by atoms with Crippen LogP contribution in [0.1, 0.15) is 6.92 Å². The molecule has 2 aromatic rings. The number of hydrogen-bond acceptors (Lipinski definition) is 5. The summed E-state index contributed by atoms with van der Waals surface area (Å²) >= 11 is 5.77. The Morgan fingerprint density at radius 2 is 2.33 bits per heavy atom. The van der Waals surface area contributed by atoms with E-state index in [2.05, 4.69) is 25.3 Å². The number of aromatic amines is 1. The van der Waals surface area contributed by atoms with Crippen molar-refractivity contribution in [2.75, 3.05) is 25.5 Å². The molecule has 1 amide bonds. The summed E-state index contributed by atoms with van der Waals surface area (Å²) in [6, 6.07) is 0. The maximum atomic E-state index is 11.7. The van der Waals surface area contributed by atoms with Crippen LogP contribution in [-0.4, -0.2) is 50.9 Å². The third-order valence-corrected chi connectivity index (χ3v) is 2.73. The quantitative estimate of drug-likeness (QED) is 0.805. The molecule has 2 rings (SSSR count). The summed E-state index contributed by atoms with van der Waals surface area (Å²) in [5, 5.41) is 3.02. The number of hydrogen-bond donors (Lipinski definition) is 2. The summed E-state index contributed by atoms with van der Waals surface area (Å²) in [4.78, 5) is 28.2. The van der Waals surface area contributed by atoms with Gasteiger partial charge in [-0.1, -0.05) is 0 Å². The Balaban J connectivity index is 2.16. The monoisotopic (exact) mass is 268 g/mol. The number of nitrogens with one attached hydrogen (secondary N) is 2. The zero-order valence-corrected chi connectivity index (χ0v) is 10.8. The van der Waals surface area contributed by atoms with Crippen LogP contribution >= 0.6 is 11.6 Å². The predicted octanol–water partition coefficient (Wildman–Crippen LogP) is 0.897. The van der Waals surface area contributed by atoms with Gasteiger partial charge in [-0.15, -0.1) is 0 Å². The van der Waals surface area contributed by atoms with Gasteiger partial charge in [-0.05, 0) is 18.5 Å². The van der Waals surface area contributed by atoms with Crippen LogP contribution < -0.4 is 5.32 Å². The van der Waals surface area contributed by atoms with E-state index < -0.39 is 0 Å². The molecule has 0 aliphatic heterocycles. The minimum Gasteiger partial charge on any atom is -0.359 e. The van der Waals surface area contributed by atoms with E-state index in [1.807, 2.05) is 6.92 Å². The Hall–Kier alpha value is -1.89. The van der Waals surface area contributed by atoms with E-state index in [4.69, 9.17) is 11.6 Å². The van der Waals surface area contributed by atoms with E-state index in [0.29, 0.717) is 23.5 Å². The lowest BCUT2D eigenvalue weighted by molar-refractivity contribution is -0.127. The SMILES string of the molecule is CCN(C)C(=O)CNc1nc(Cl)nc2nc[nH]c12. The summed E-state index contributed by atoms with van der Waals surface area (Å²) in [6.07, 6.45) is 1.50. The van der Waals surface area contributed by atoms with Gasteiger partial charge in [0.05, 0.1) is 12.9 Å². The molecular weight excluding hydrogens is 256 g/mol. The number of imidazole rings is 1. The van der Waals surface area contributed by atoms with E-state index in [1.165, 1.54) is 6.33 Å². The Morgan fingerprint density at radius 3 is 3.06 bits per heavy atom. The van der Waals surface area contributed by atoms with Gasteiger partial charge in [-0.3, -0.25) is 4.79 Å². The molecule has 18 heavy (non-hydrogen) atoms. The predicted molar refractivity (Wildman–Crippen MR) is 68.5 cm³/mol. The number of halogens is 1. The van der Waals surface area contributed by atoms with Crippen molar-refractivity contribution >= 4 is 34.5 Å². The molecule has 8 heteroatoms. The van der Waals surface area contributed by atoms with Crippen LogP contribution in [0.25, 0.3) is 11.2 Å². The molecule has 0 saturated heterocycles. The maximum absolute atomic E-state index is 11.7. The minimum atomic E-state index is -0.0279. The van der Waals surface area contributed by atoms with Crippen molar-refractivity contribution in [3.63, 3.8) is 0 Å². The highest BCUT2D eigenvalue weighted by Crippen LogP contribution is 2.18. The van der Waals surface area contributed by atoms with Crippen LogP contribution in [0, 0.1) is 0 Å². The van der Waals surface area contributed by atoms with Crippen LogP contribution in [0.3, 0.4) is 0 Å². The van der Waals surface area contributed by atoms with Gasteiger partial charge >= 0.3 is 0 Å². The second kappa shape index (κ2) is 5.18. The lowest BCUT2D eigenvalue weighted by Gasteiger charge is -2.15. The van der Waals surface area contributed by atoms with Crippen LogP contribution in [-0.2, 0) is 4.79 Å². The molecule has 7 nitrogen and oxygen atoms in total. The Kier molecular flexibility index (Phi) is 3.61. The van der Waals surface area contributed by atoms with Gasteiger partial charge in [-0.25, -0.2) is 4.98 Å². The molecular formula is C10H13ClN6O. The largest absolute Gasteiger partial charge is 0.359 e. The first-order valence-corrected chi connectivity index (χ1v) is 5.84. The van der Waals surface area contributed by atoms with Gasteiger partial charge in [0.2, 0.25) is 11.2 Å². The number of fused-ring (bicyclic) bond motifs is 1. The first-order chi connectivity index (χ1) is 8.61. The van der Waals surface area contributed by atoms with Gasteiger partial charge in [0.25, 0.3) is 0 Å².